The second-order valence-electron chi connectivity index (χ2n) is 15.5. The molecule has 0 spiro atoms. The van der Waals surface area contributed by atoms with Crippen molar-refractivity contribution >= 4 is 11.9 Å². The smallest absolute Gasteiger partial charge is 0.337 e. The van der Waals surface area contributed by atoms with E-state index in [9.17, 15) is 30.0 Å². The first-order chi connectivity index (χ1) is 18.2. The number of hydrogen-bond donors (Lipinski definition) is 4. The van der Waals surface area contributed by atoms with Crippen molar-refractivity contribution in [1.29, 1.82) is 0 Å². The number of hydrogen-bond acceptors (Lipinski definition) is 4. The summed E-state index contributed by atoms with van der Waals surface area (Å²) in [5.41, 5.74) is -5.46. The highest BCUT2D eigenvalue weighted by atomic mass is 16.4. The monoisotopic (exact) mass is 570 g/mol. The summed E-state index contributed by atoms with van der Waals surface area (Å²) in [6.45, 7) is 24.3. The third-order valence-corrected chi connectivity index (χ3v) is 8.86. The molecule has 4 N–H and O–H groups in total. The summed E-state index contributed by atoms with van der Waals surface area (Å²) in [6.07, 6.45) is 0. The number of aliphatic hydroxyl groups is 2. The van der Waals surface area contributed by atoms with Crippen LogP contribution in [0, 0.1) is 21.7 Å². The quantitative estimate of drug-likeness (QED) is 0.285. The van der Waals surface area contributed by atoms with Gasteiger partial charge in [-0.3, -0.25) is 0 Å². The van der Waals surface area contributed by atoms with Crippen molar-refractivity contribution in [3.05, 3.63) is 71.8 Å². The van der Waals surface area contributed by atoms with E-state index in [1.807, 2.05) is 109 Å². The van der Waals surface area contributed by atoms with Gasteiger partial charge in [0, 0.05) is 22.2 Å². The summed E-state index contributed by atoms with van der Waals surface area (Å²) in [7, 11) is 0. The van der Waals surface area contributed by atoms with Gasteiger partial charge in [0.1, 0.15) is 0 Å². The van der Waals surface area contributed by atoms with Crippen LogP contribution in [-0.4, -0.2) is 43.6 Å². The van der Waals surface area contributed by atoms with E-state index >= 15 is 0 Å². The molecule has 0 saturated carbocycles. The Hall–Kier alpha value is -2.70. The largest absolute Gasteiger partial charge is 0.479 e. The van der Waals surface area contributed by atoms with Crippen LogP contribution in [0.4, 0.5) is 0 Å². The molecule has 4 unspecified atom stereocenters. The van der Waals surface area contributed by atoms with Gasteiger partial charge in [-0.1, -0.05) is 151 Å². The van der Waals surface area contributed by atoms with Gasteiger partial charge in [0.05, 0.1) is 0 Å². The van der Waals surface area contributed by atoms with Gasteiger partial charge in [0.15, 0.2) is 11.2 Å². The van der Waals surface area contributed by atoms with Crippen LogP contribution in [0.2, 0.25) is 0 Å². The average molecular weight is 571 g/mol. The summed E-state index contributed by atoms with van der Waals surface area (Å²) in [5.74, 6) is -2.86. The summed E-state index contributed by atoms with van der Waals surface area (Å²) < 4.78 is 0. The van der Waals surface area contributed by atoms with Crippen LogP contribution >= 0.6 is 0 Å². The molecular formula is C35H54O6. The van der Waals surface area contributed by atoms with E-state index in [1.165, 1.54) is 0 Å². The maximum Gasteiger partial charge on any atom is 0.337 e. The average Bonchev–Trinajstić information content (AvgIpc) is 2.81. The Kier molecular flexibility index (Phi) is 10.5. The van der Waals surface area contributed by atoms with E-state index in [0.717, 1.165) is 11.1 Å². The number of benzene rings is 2. The molecule has 0 aromatic heterocycles. The van der Waals surface area contributed by atoms with Crippen LogP contribution in [0.5, 0.6) is 0 Å². The number of carboxylic acid groups (broad SMARTS) is 2. The molecule has 0 bridgehead atoms. The van der Waals surface area contributed by atoms with E-state index in [2.05, 4.69) is 0 Å². The summed E-state index contributed by atoms with van der Waals surface area (Å²) in [5, 5.41) is 42.0. The lowest BCUT2D eigenvalue weighted by Gasteiger charge is -2.56. The zero-order valence-electron chi connectivity index (χ0n) is 27.5. The molecule has 0 saturated heterocycles. The Morgan fingerprint density at radius 2 is 0.951 bits per heavy atom. The molecule has 2 aromatic rings. The number of carboxylic acids is 2. The van der Waals surface area contributed by atoms with Crippen molar-refractivity contribution < 1.29 is 30.0 Å². The highest BCUT2D eigenvalue weighted by Crippen LogP contribution is 2.55. The number of carbonyl (C=O) groups is 2. The first kappa shape index (κ1) is 36.3. The van der Waals surface area contributed by atoms with E-state index in [1.54, 1.807) is 41.5 Å². The minimum absolute atomic E-state index is 0.387. The van der Waals surface area contributed by atoms with E-state index in [4.69, 9.17) is 0 Å². The van der Waals surface area contributed by atoms with Gasteiger partial charge in [-0.15, -0.1) is 0 Å². The molecule has 0 fully saturated rings. The molecule has 230 valence electrons. The number of aliphatic carboxylic acids is 2. The Labute approximate surface area is 247 Å². The standard InChI is InChI=1S/C18H28O3.C17H26O3/c1-15(2,3)17(7,13-11-9-8-10-12-13)18(21,14(19)20)16(4,5)6;1-15(2,3)13(12-10-8-7-9-11-12)17(20,14(18)19)16(4,5)6/h8-12,21H,1-7H3,(H,19,20);7-11,13,20H,1-6H3,(H,18,19). The SMILES string of the molecule is CC(C)(C)C(O)(C(=O)O)C(C)(c1ccccc1)C(C)(C)C.CC(C)(C)C(c1ccccc1)C(O)(C(=O)O)C(C)(C)C. The second kappa shape index (κ2) is 11.9. The van der Waals surface area contributed by atoms with Crippen molar-refractivity contribution in [3.8, 4) is 0 Å². The predicted molar refractivity (Wildman–Crippen MR) is 166 cm³/mol. The molecule has 0 aliphatic carbocycles. The molecule has 41 heavy (non-hydrogen) atoms. The van der Waals surface area contributed by atoms with Crippen molar-refractivity contribution in [2.24, 2.45) is 21.7 Å². The van der Waals surface area contributed by atoms with Crippen LogP contribution in [-0.2, 0) is 15.0 Å². The zero-order chi connectivity index (χ0) is 32.5. The van der Waals surface area contributed by atoms with Gasteiger partial charge < -0.3 is 20.4 Å². The summed E-state index contributed by atoms with van der Waals surface area (Å²) in [4.78, 5) is 24.0. The van der Waals surface area contributed by atoms with Gasteiger partial charge in [-0.25, -0.2) is 9.59 Å². The molecule has 2 rings (SSSR count). The first-order valence-corrected chi connectivity index (χ1v) is 14.2. The molecule has 0 amide bonds. The lowest BCUT2D eigenvalue weighted by molar-refractivity contribution is -0.196. The number of rotatable bonds is 6. The zero-order valence-corrected chi connectivity index (χ0v) is 27.5. The third-order valence-electron chi connectivity index (χ3n) is 8.86. The van der Waals surface area contributed by atoms with Gasteiger partial charge in [0.2, 0.25) is 0 Å². The fraction of sp³-hybridized carbons (Fsp3) is 0.600. The summed E-state index contributed by atoms with van der Waals surface area (Å²) in [6, 6.07) is 18.8. The van der Waals surface area contributed by atoms with Crippen LogP contribution in [0.1, 0.15) is 107 Å². The second-order valence-corrected chi connectivity index (χ2v) is 15.5. The van der Waals surface area contributed by atoms with Crippen LogP contribution in [0.15, 0.2) is 60.7 Å². The van der Waals surface area contributed by atoms with E-state index < -0.39 is 50.7 Å². The van der Waals surface area contributed by atoms with Crippen LogP contribution in [0.25, 0.3) is 0 Å². The first-order valence-electron chi connectivity index (χ1n) is 14.2. The minimum atomic E-state index is -1.90. The molecule has 0 radical (unpaired) electrons. The highest BCUT2D eigenvalue weighted by molar-refractivity contribution is 5.81. The molecule has 4 atom stereocenters. The molecule has 6 heteroatoms. The third kappa shape index (κ3) is 6.70. The van der Waals surface area contributed by atoms with Gasteiger partial charge >= 0.3 is 11.9 Å². The van der Waals surface area contributed by atoms with Crippen LogP contribution in [0.3, 0.4) is 0 Å². The molecule has 6 nitrogen and oxygen atoms in total. The lowest BCUT2D eigenvalue weighted by Crippen LogP contribution is -2.67. The molecule has 2 aromatic carbocycles. The maximum atomic E-state index is 12.1. The molecular weight excluding hydrogens is 516 g/mol. The minimum Gasteiger partial charge on any atom is -0.479 e. The highest BCUT2D eigenvalue weighted by Gasteiger charge is 2.64. The van der Waals surface area contributed by atoms with Crippen molar-refractivity contribution in [2.75, 3.05) is 0 Å². The van der Waals surface area contributed by atoms with Crippen molar-refractivity contribution in [2.45, 2.75) is 113 Å². The maximum absolute atomic E-state index is 12.1. The topological polar surface area (TPSA) is 115 Å². The van der Waals surface area contributed by atoms with Crippen molar-refractivity contribution in [1.82, 2.24) is 0 Å². The van der Waals surface area contributed by atoms with Gasteiger partial charge in [-0.05, 0) is 22.0 Å². The molecule has 0 aliphatic rings. The van der Waals surface area contributed by atoms with E-state index in [-0.39, 0.29) is 5.41 Å². The Bertz CT molecular complexity index is 1160. The van der Waals surface area contributed by atoms with Gasteiger partial charge in [0.25, 0.3) is 0 Å². The lowest BCUT2D eigenvalue weighted by atomic mass is 9.49. The van der Waals surface area contributed by atoms with Crippen LogP contribution < -0.4 is 0 Å². The Morgan fingerprint density at radius 1 is 0.561 bits per heavy atom. The molecule has 0 aliphatic heterocycles. The summed E-state index contributed by atoms with van der Waals surface area (Å²) >= 11 is 0. The fourth-order valence-electron chi connectivity index (χ4n) is 6.13. The molecule has 0 heterocycles. The van der Waals surface area contributed by atoms with Gasteiger partial charge in [-0.2, -0.15) is 0 Å². The predicted octanol–water partition coefficient (Wildman–Crippen LogP) is 7.53. The van der Waals surface area contributed by atoms with Crippen molar-refractivity contribution in [3.63, 3.8) is 0 Å². The Morgan fingerprint density at radius 3 is 1.22 bits per heavy atom. The fourth-order valence-corrected chi connectivity index (χ4v) is 6.13. The van der Waals surface area contributed by atoms with E-state index in [0.29, 0.717) is 0 Å². The normalized spacial score (nSPS) is 18.0. The Balaban J connectivity index is 0.000000410.